The highest BCUT2D eigenvalue weighted by Gasteiger charge is 2.35. The van der Waals surface area contributed by atoms with Gasteiger partial charge in [0.1, 0.15) is 11.5 Å². The Balaban J connectivity index is 2.13. The van der Waals surface area contributed by atoms with Gasteiger partial charge in [0, 0.05) is 17.9 Å². The maximum absolute atomic E-state index is 12.4. The van der Waals surface area contributed by atoms with Crippen molar-refractivity contribution >= 4 is 11.4 Å². The third kappa shape index (κ3) is 3.65. The van der Waals surface area contributed by atoms with Gasteiger partial charge in [-0.2, -0.15) is 0 Å². The average molecular weight is 281 g/mol. The Morgan fingerprint density at radius 2 is 2.26 bits per heavy atom. The van der Waals surface area contributed by atoms with Gasteiger partial charge in [-0.3, -0.25) is 0 Å². The molecule has 106 valence electrons. The number of rotatable bonds is 5. The predicted octanol–water partition coefficient (Wildman–Crippen LogP) is 3.15. The fourth-order valence-electron chi connectivity index (χ4n) is 2.55. The van der Waals surface area contributed by atoms with Crippen LogP contribution in [0.15, 0.2) is 24.3 Å². The minimum atomic E-state index is -0.872. The summed E-state index contributed by atoms with van der Waals surface area (Å²) in [6.45, 7) is 5.17. The van der Waals surface area contributed by atoms with Crippen LogP contribution in [0.2, 0.25) is 0 Å². The Morgan fingerprint density at radius 1 is 1.47 bits per heavy atom. The third-order valence-electron chi connectivity index (χ3n) is 3.42. The van der Waals surface area contributed by atoms with Gasteiger partial charge in [-0.05, 0) is 36.5 Å². The largest absolute Gasteiger partial charge is 0.598 e. The zero-order chi connectivity index (χ0) is 13.8. The van der Waals surface area contributed by atoms with E-state index in [1.165, 1.54) is 5.56 Å². The Kier molecular flexibility index (Phi) is 5.13. The molecule has 1 aromatic carbocycles. The second kappa shape index (κ2) is 6.64. The molecule has 19 heavy (non-hydrogen) atoms. The van der Waals surface area contributed by atoms with Crippen LogP contribution in [0.1, 0.15) is 38.3 Å². The zero-order valence-corrected chi connectivity index (χ0v) is 12.8. The summed E-state index contributed by atoms with van der Waals surface area (Å²) in [5, 5.41) is 0. The van der Waals surface area contributed by atoms with E-state index in [1.807, 2.05) is 12.1 Å². The van der Waals surface area contributed by atoms with Gasteiger partial charge < -0.3 is 9.29 Å². The molecule has 0 saturated carbocycles. The molecule has 0 bridgehead atoms. The molecule has 4 heteroatoms. The van der Waals surface area contributed by atoms with Gasteiger partial charge in [-0.25, -0.2) is 0 Å². The molecule has 0 aromatic heterocycles. The van der Waals surface area contributed by atoms with Crippen molar-refractivity contribution in [3.05, 3.63) is 29.8 Å². The molecule has 1 aliphatic rings. The molecule has 1 saturated heterocycles. The first-order valence-corrected chi connectivity index (χ1v) is 8.18. The van der Waals surface area contributed by atoms with Crippen LogP contribution in [-0.4, -0.2) is 28.3 Å². The highest BCUT2D eigenvalue weighted by molar-refractivity contribution is 7.89. The molecular weight excluding hydrogens is 258 g/mol. The lowest BCUT2D eigenvalue weighted by molar-refractivity contribution is 0.387. The average Bonchev–Trinajstić information content (AvgIpc) is 2.87. The fraction of sp³-hybridized carbons (Fsp3) is 0.600. The first-order chi connectivity index (χ1) is 9.11. The Hall–Kier alpha value is -0.710. The minimum absolute atomic E-state index is 0.273. The summed E-state index contributed by atoms with van der Waals surface area (Å²) >= 11 is -0.872. The summed E-state index contributed by atoms with van der Waals surface area (Å²) in [5.41, 5.74) is 1.22. The van der Waals surface area contributed by atoms with Crippen molar-refractivity contribution in [3.8, 4) is 5.75 Å². The SMILES string of the molecule is COc1cccc([C@@H]2CCCN2[S+]([O-])CC(C)C)c1. The van der Waals surface area contributed by atoms with Crippen LogP contribution < -0.4 is 4.74 Å². The molecular formula is C15H23NO2S. The molecule has 1 heterocycles. The molecule has 0 spiro atoms. The molecule has 0 N–H and O–H groups in total. The topological polar surface area (TPSA) is 35.5 Å². The summed E-state index contributed by atoms with van der Waals surface area (Å²) in [6, 6.07) is 8.41. The summed E-state index contributed by atoms with van der Waals surface area (Å²) in [4.78, 5) is 0. The second-order valence-corrected chi connectivity index (χ2v) is 6.90. The minimum Gasteiger partial charge on any atom is -0.598 e. The van der Waals surface area contributed by atoms with Crippen LogP contribution in [0.3, 0.4) is 0 Å². The first-order valence-electron chi connectivity index (χ1n) is 6.91. The molecule has 0 aliphatic carbocycles. The highest BCUT2D eigenvalue weighted by atomic mass is 32.2. The van der Waals surface area contributed by atoms with Crippen molar-refractivity contribution in [1.82, 2.24) is 4.31 Å². The van der Waals surface area contributed by atoms with Crippen molar-refractivity contribution in [2.24, 2.45) is 5.92 Å². The van der Waals surface area contributed by atoms with E-state index in [-0.39, 0.29) is 6.04 Å². The van der Waals surface area contributed by atoms with Crippen molar-refractivity contribution in [2.75, 3.05) is 19.4 Å². The number of hydrogen-bond donors (Lipinski definition) is 0. The van der Waals surface area contributed by atoms with Gasteiger partial charge in [0.25, 0.3) is 0 Å². The van der Waals surface area contributed by atoms with E-state index in [0.717, 1.165) is 30.9 Å². The van der Waals surface area contributed by atoms with Crippen LogP contribution in [0.25, 0.3) is 0 Å². The van der Waals surface area contributed by atoms with Gasteiger partial charge in [0.15, 0.2) is 0 Å². The van der Waals surface area contributed by atoms with Gasteiger partial charge in [-0.1, -0.05) is 26.0 Å². The highest BCUT2D eigenvalue weighted by Crippen LogP contribution is 2.35. The van der Waals surface area contributed by atoms with E-state index in [9.17, 15) is 4.55 Å². The molecule has 1 unspecified atom stereocenters. The summed E-state index contributed by atoms with van der Waals surface area (Å²) in [6.07, 6.45) is 2.20. The van der Waals surface area contributed by atoms with Crippen molar-refractivity contribution in [2.45, 2.75) is 32.7 Å². The van der Waals surface area contributed by atoms with Gasteiger partial charge in [0.05, 0.1) is 13.2 Å². The Labute approximate surface area is 119 Å². The molecule has 1 aliphatic heterocycles. The van der Waals surface area contributed by atoms with E-state index in [1.54, 1.807) is 7.11 Å². The van der Waals surface area contributed by atoms with E-state index in [2.05, 4.69) is 30.3 Å². The summed E-state index contributed by atoms with van der Waals surface area (Å²) in [7, 11) is 1.68. The molecule has 1 fully saturated rings. The standard InChI is InChI=1S/C15H23NO2S/c1-12(2)11-19(17)16-9-5-8-15(16)13-6-4-7-14(10-13)18-3/h4,6-7,10,12,15H,5,8-9,11H2,1-3H3/t15-,19?/m0/s1. The number of hydrogen-bond acceptors (Lipinski definition) is 3. The van der Waals surface area contributed by atoms with E-state index in [0.29, 0.717) is 5.92 Å². The van der Waals surface area contributed by atoms with Gasteiger partial charge >= 0.3 is 0 Å². The van der Waals surface area contributed by atoms with Gasteiger partial charge in [0.2, 0.25) is 0 Å². The number of nitrogens with zero attached hydrogens (tertiary/aromatic N) is 1. The number of ether oxygens (including phenoxy) is 1. The number of methoxy groups -OCH3 is 1. The number of benzene rings is 1. The van der Waals surface area contributed by atoms with Crippen LogP contribution in [0.4, 0.5) is 0 Å². The summed E-state index contributed by atoms with van der Waals surface area (Å²) in [5.74, 6) is 2.09. The lowest BCUT2D eigenvalue weighted by atomic mass is 10.1. The molecule has 0 radical (unpaired) electrons. The maximum Gasteiger partial charge on any atom is 0.128 e. The third-order valence-corrected chi connectivity index (χ3v) is 5.33. The van der Waals surface area contributed by atoms with Crippen molar-refractivity contribution < 1.29 is 9.29 Å². The Bertz CT molecular complexity index is 411. The predicted molar refractivity (Wildman–Crippen MR) is 79.5 cm³/mol. The fourth-order valence-corrected chi connectivity index (χ4v) is 4.15. The molecule has 0 amide bonds. The normalized spacial score (nSPS) is 21.8. The quantitative estimate of drug-likeness (QED) is 0.778. The lowest BCUT2D eigenvalue weighted by Crippen LogP contribution is -2.34. The lowest BCUT2D eigenvalue weighted by Gasteiger charge is -2.27. The smallest absolute Gasteiger partial charge is 0.128 e. The maximum atomic E-state index is 12.4. The molecule has 2 rings (SSSR count). The van der Waals surface area contributed by atoms with E-state index in [4.69, 9.17) is 4.74 Å². The monoisotopic (exact) mass is 281 g/mol. The van der Waals surface area contributed by atoms with Crippen LogP contribution in [-0.2, 0) is 11.4 Å². The van der Waals surface area contributed by atoms with E-state index >= 15 is 0 Å². The molecule has 3 nitrogen and oxygen atoms in total. The second-order valence-electron chi connectivity index (χ2n) is 5.46. The first kappa shape index (κ1) is 14.7. The van der Waals surface area contributed by atoms with Gasteiger partial charge in [-0.15, -0.1) is 4.31 Å². The van der Waals surface area contributed by atoms with Crippen LogP contribution in [0.5, 0.6) is 5.75 Å². The van der Waals surface area contributed by atoms with Crippen LogP contribution >= 0.6 is 0 Å². The van der Waals surface area contributed by atoms with E-state index < -0.39 is 11.4 Å². The van der Waals surface area contributed by atoms with Crippen molar-refractivity contribution in [3.63, 3.8) is 0 Å². The van der Waals surface area contributed by atoms with Crippen molar-refractivity contribution in [1.29, 1.82) is 0 Å². The molecule has 1 aromatic rings. The Morgan fingerprint density at radius 3 is 2.95 bits per heavy atom. The summed E-state index contributed by atoms with van der Waals surface area (Å²) < 4.78 is 19.8. The molecule has 2 atom stereocenters. The zero-order valence-electron chi connectivity index (χ0n) is 12.0. The van der Waals surface area contributed by atoms with Crippen LogP contribution in [0, 0.1) is 5.92 Å².